The Kier molecular flexibility index (Phi) is 6.79. The van der Waals surface area contributed by atoms with E-state index in [1.165, 1.54) is 18.2 Å². The van der Waals surface area contributed by atoms with Gasteiger partial charge in [0.05, 0.1) is 23.7 Å². The van der Waals surface area contributed by atoms with Crippen LogP contribution in [0.15, 0.2) is 42.5 Å². The summed E-state index contributed by atoms with van der Waals surface area (Å²) in [6, 6.07) is 13.3. The predicted octanol–water partition coefficient (Wildman–Crippen LogP) is 4.87. The van der Waals surface area contributed by atoms with Gasteiger partial charge in [0.25, 0.3) is 0 Å². The molecule has 0 heterocycles. The van der Waals surface area contributed by atoms with Gasteiger partial charge >= 0.3 is 5.97 Å². The second-order valence-electron chi connectivity index (χ2n) is 5.60. The van der Waals surface area contributed by atoms with Crippen LogP contribution in [0.4, 0.5) is 5.69 Å². The molecule has 25 heavy (non-hydrogen) atoms. The highest BCUT2D eigenvalue weighted by molar-refractivity contribution is 7.80. The van der Waals surface area contributed by atoms with Crippen molar-refractivity contribution in [1.29, 1.82) is 0 Å². The maximum atomic E-state index is 11.7. The first-order chi connectivity index (χ1) is 12.0. The molecule has 0 bridgehead atoms. The predicted molar refractivity (Wildman–Crippen MR) is 106 cm³/mol. The first-order valence-corrected chi connectivity index (χ1v) is 8.75. The van der Waals surface area contributed by atoms with Gasteiger partial charge in [-0.15, -0.1) is 0 Å². The summed E-state index contributed by atoms with van der Waals surface area (Å²) in [7, 11) is 1.32. The number of halogens is 1. The number of carbonyl (C=O) groups excluding carboxylic acids is 1. The normalized spacial score (nSPS) is 11.5. The lowest BCUT2D eigenvalue weighted by Crippen LogP contribution is -2.32. The first-order valence-electron chi connectivity index (χ1n) is 7.97. The third-order valence-corrected chi connectivity index (χ3v) is 4.46. The van der Waals surface area contributed by atoms with Gasteiger partial charge in [0.2, 0.25) is 0 Å². The van der Waals surface area contributed by atoms with Crippen molar-refractivity contribution < 1.29 is 9.53 Å². The summed E-state index contributed by atoms with van der Waals surface area (Å²) < 4.78 is 4.73. The minimum absolute atomic E-state index is 0.105. The summed E-state index contributed by atoms with van der Waals surface area (Å²) in [5.74, 6) is -0.487. The molecular formula is C19H21ClN2O2S. The molecule has 0 saturated carbocycles. The van der Waals surface area contributed by atoms with E-state index in [2.05, 4.69) is 36.6 Å². The van der Waals surface area contributed by atoms with Gasteiger partial charge in [0.15, 0.2) is 5.11 Å². The minimum Gasteiger partial charge on any atom is -0.465 e. The van der Waals surface area contributed by atoms with Gasteiger partial charge in [-0.25, -0.2) is 4.79 Å². The number of methoxy groups -OCH3 is 1. The topological polar surface area (TPSA) is 50.4 Å². The zero-order chi connectivity index (χ0) is 18.4. The van der Waals surface area contributed by atoms with Crippen LogP contribution in [0.1, 0.15) is 40.9 Å². The maximum absolute atomic E-state index is 11.7. The first kappa shape index (κ1) is 19.2. The quantitative estimate of drug-likeness (QED) is 0.575. The Morgan fingerprint density at radius 1 is 1.28 bits per heavy atom. The van der Waals surface area contributed by atoms with E-state index in [0.717, 1.165) is 6.42 Å². The number of anilines is 1. The second kappa shape index (κ2) is 8.83. The fourth-order valence-corrected chi connectivity index (χ4v) is 3.03. The fourth-order valence-electron chi connectivity index (χ4n) is 2.57. The molecule has 0 aliphatic carbocycles. The van der Waals surface area contributed by atoms with Crippen molar-refractivity contribution in [2.75, 3.05) is 12.4 Å². The van der Waals surface area contributed by atoms with Crippen molar-refractivity contribution >= 4 is 40.6 Å². The molecule has 0 amide bonds. The summed E-state index contributed by atoms with van der Waals surface area (Å²) in [5, 5.41) is 7.23. The van der Waals surface area contributed by atoms with E-state index < -0.39 is 5.97 Å². The molecule has 0 aliphatic rings. The average Bonchev–Trinajstić information content (AvgIpc) is 2.61. The molecule has 2 rings (SSSR count). The Labute approximate surface area is 158 Å². The Morgan fingerprint density at radius 2 is 2.00 bits per heavy atom. The van der Waals surface area contributed by atoms with Crippen LogP contribution in [0.5, 0.6) is 0 Å². The van der Waals surface area contributed by atoms with Crippen molar-refractivity contribution in [3.8, 4) is 0 Å². The van der Waals surface area contributed by atoms with Gasteiger partial charge in [-0.2, -0.15) is 0 Å². The number of hydrogen-bond acceptors (Lipinski definition) is 3. The number of benzene rings is 2. The van der Waals surface area contributed by atoms with Crippen LogP contribution in [0.25, 0.3) is 0 Å². The zero-order valence-corrected chi connectivity index (χ0v) is 16.0. The Balaban J connectivity index is 2.12. The third kappa shape index (κ3) is 4.94. The van der Waals surface area contributed by atoms with Gasteiger partial charge < -0.3 is 15.4 Å². The molecule has 0 saturated heterocycles. The lowest BCUT2D eigenvalue weighted by atomic mass is 10.00. The molecule has 0 aromatic heterocycles. The van der Waals surface area contributed by atoms with Crippen LogP contribution >= 0.6 is 23.8 Å². The van der Waals surface area contributed by atoms with E-state index in [4.69, 9.17) is 28.6 Å². The van der Waals surface area contributed by atoms with Crippen molar-refractivity contribution in [2.45, 2.75) is 26.3 Å². The Bertz CT molecular complexity index is 780. The maximum Gasteiger partial charge on any atom is 0.339 e. The monoisotopic (exact) mass is 376 g/mol. The van der Waals surface area contributed by atoms with Crippen LogP contribution in [-0.2, 0) is 4.74 Å². The number of carbonyl (C=O) groups is 1. The molecule has 0 fully saturated rings. The number of rotatable bonds is 5. The van der Waals surface area contributed by atoms with E-state index >= 15 is 0 Å². The summed E-state index contributed by atoms with van der Waals surface area (Å²) in [4.78, 5) is 11.7. The standard InChI is InChI=1S/C19H21ClN2O2S/c1-4-17(14-8-6-5-7-12(14)2)22-19(25)21-13-9-10-16(20)15(11-13)18(23)24-3/h5-11,17H,4H2,1-3H3,(H2,21,22,25)/t17-/m0/s1. The van der Waals surface area contributed by atoms with Gasteiger partial charge in [-0.3, -0.25) is 0 Å². The number of thiocarbonyl (C=S) groups is 1. The van der Waals surface area contributed by atoms with E-state index in [0.29, 0.717) is 21.4 Å². The second-order valence-corrected chi connectivity index (χ2v) is 6.42. The molecule has 0 aliphatic heterocycles. The smallest absolute Gasteiger partial charge is 0.339 e. The number of nitrogens with one attached hydrogen (secondary N) is 2. The van der Waals surface area contributed by atoms with E-state index in [1.54, 1.807) is 18.2 Å². The molecule has 4 nitrogen and oxygen atoms in total. The fraction of sp³-hybridized carbons (Fsp3) is 0.263. The van der Waals surface area contributed by atoms with E-state index in [-0.39, 0.29) is 6.04 Å². The van der Waals surface area contributed by atoms with Crippen LogP contribution < -0.4 is 10.6 Å². The number of aryl methyl sites for hydroxylation is 1. The van der Waals surface area contributed by atoms with Crippen molar-refractivity contribution in [3.63, 3.8) is 0 Å². The van der Waals surface area contributed by atoms with Gasteiger partial charge in [-0.05, 0) is 54.9 Å². The lowest BCUT2D eigenvalue weighted by Gasteiger charge is -2.21. The molecular weight excluding hydrogens is 356 g/mol. The van der Waals surface area contributed by atoms with Crippen LogP contribution in [0.3, 0.4) is 0 Å². The average molecular weight is 377 g/mol. The Hall–Kier alpha value is -2.11. The molecule has 0 unspecified atom stereocenters. The molecule has 6 heteroatoms. The highest BCUT2D eigenvalue weighted by Gasteiger charge is 2.14. The number of esters is 1. The van der Waals surface area contributed by atoms with Crippen molar-refractivity contribution in [3.05, 3.63) is 64.2 Å². The van der Waals surface area contributed by atoms with Gasteiger partial charge in [0, 0.05) is 5.69 Å². The lowest BCUT2D eigenvalue weighted by molar-refractivity contribution is 0.0601. The largest absolute Gasteiger partial charge is 0.465 e. The highest BCUT2D eigenvalue weighted by atomic mass is 35.5. The molecule has 0 spiro atoms. The summed E-state index contributed by atoms with van der Waals surface area (Å²) in [6.07, 6.45) is 0.890. The number of hydrogen-bond donors (Lipinski definition) is 2. The van der Waals surface area contributed by atoms with Crippen molar-refractivity contribution in [2.24, 2.45) is 0 Å². The third-order valence-electron chi connectivity index (χ3n) is 3.91. The van der Waals surface area contributed by atoms with Crippen LogP contribution in [0, 0.1) is 6.92 Å². The van der Waals surface area contributed by atoms with Gasteiger partial charge in [0.1, 0.15) is 0 Å². The molecule has 132 valence electrons. The van der Waals surface area contributed by atoms with E-state index in [9.17, 15) is 4.79 Å². The summed E-state index contributed by atoms with van der Waals surface area (Å²) in [5.41, 5.74) is 3.38. The van der Waals surface area contributed by atoms with Crippen LogP contribution in [0.2, 0.25) is 5.02 Å². The summed E-state index contributed by atoms with van der Waals surface area (Å²) in [6.45, 7) is 4.18. The molecule has 0 radical (unpaired) electrons. The SMILES string of the molecule is CC[C@H](NC(=S)Nc1ccc(Cl)c(C(=O)OC)c1)c1ccccc1C. The zero-order valence-electron chi connectivity index (χ0n) is 14.4. The molecule has 1 atom stereocenters. The molecule has 2 aromatic rings. The molecule has 2 N–H and O–H groups in total. The van der Waals surface area contributed by atoms with E-state index in [1.807, 2.05) is 12.1 Å². The van der Waals surface area contributed by atoms with Crippen molar-refractivity contribution in [1.82, 2.24) is 5.32 Å². The van der Waals surface area contributed by atoms with Crippen LogP contribution in [-0.4, -0.2) is 18.2 Å². The highest BCUT2D eigenvalue weighted by Crippen LogP contribution is 2.23. The number of ether oxygens (including phenoxy) is 1. The summed E-state index contributed by atoms with van der Waals surface area (Å²) >= 11 is 11.5. The minimum atomic E-state index is -0.487. The Morgan fingerprint density at radius 3 is 2.64 bits per heavy atom. The van der Waals surface area contributed by atoms with Gasteiger partial charge in [-0.1, -0.05) is 42.8 Å². The molecule has 2 aromatic carbocycles.